The molecule has 0 saturated heterocycles. The van der Waals surface area contributed by atoms with E-state index in [4.69, 9.17) is 4.74 Å². The lowest BCUT2D eigenvalue weighted by atomic mass is 10.1. The average Bonchev–Trinajstić information content (AvgIpc) is 3.44. The molecule has 1 aromatic carbocycles. The summed E-state index contributed by atoms with van der Waals surface area (Å²) in [7, 11) is 0. The van der Waals surface area contributed by atoms with Gasteiger partial charge in [-0.05, 0) is 49.6 Å². The Kier molecular flexibility index (Phi) is 7.95. The van der Waals surface area contributed by atoms with E-state index in [0.29, 0.717) is 11.4 Å². The van der Waals surface area contributed by atoms with Gasteiger partial charge in [-0.3, -0.25) is 4.98 Å². The van der Waals surface area contributed by atoms with Gasteiger partial charge in [0.1, 0.15) is 5.75 Å². The molecule has 32 heavy (non-hydrogen) atoms. The summed E-state index contributed by atoms with van der Waals surface area (Å²) in [6, 6.07) is 8.14. The van der Waals surface area contributed by atoms with Crippen molar-refractivity contribution in [3.8, 4) is 11.5 Å². The number of fused-ring (bicyclic) bond motifs is 1. The first-order valence-corrected chi connectivity index (χ1v) is 10.8. The lowest BCUT2D eigenvalue weighted by molar-refractivity contribution is 0.251. The molecule has 1 aliphatic heterocycles. The molecule has 3 aromatic rings. The number of halogens is 3. The zero-order valence-electron chi connectivity index (χ0n) is 17.0. The number of anilines is 1. The number of thiophene rings is 1. The van der Waals surface area contributed by atoms with Crippen LogP contribution in [0.25, 0.3) is 15.8 Å². The second kappa shape index (κ2) is 10.5. The smallest absolute Gasteiger partial charge is 0.319 e. The SMILES string of the molecule is Cl.Cl.O=C(Nc1ccc(Oc2ccnc3cc(C4=CCNCC4)sc23)c(F)c1)NC1CC1. The highest BCUT2D eigenvalue weighted by Gasteiger charge is 2.23. The molecule has 1 fully saturated rings. The van der Waals surface area contributed by atoms with Crippen molar-refractivity contribution in [1.29, 1.82) is 0 Å². The van der Waals surface area contributed by atoms with Crippen molar-refractivity contribution in [3.63, 3.8) is 0 Å². The first-order chi connectivity index (χ1) is 14.7. The van der Waals surface area contributed by atoms with Crippen molar-refractivity contribution in [3.05, 3.63) is 53.3 Å². The van der Waals surface area contributed by atoms with E-state index in [9.17, 15) is 9.18 Å². The van der Waals surface area contributed by atoms with E-state index < -0.39 is 5.82 Å². The van der Waals surface area contributed by atoms with Crippen LogP contribution in [-0.4, -0.2) is 30.1 Å². The number of carbonyl (C=O) groups is 1. The summed E-state index contributed by atoms with van der Waals surface area (Å²) in [5.74, 6) is 0.130. The number of nitrogens with one attached hydrogen (secondary N) is 3. The predicted octanol–water partition coefficient (Wildman–Crippen LogP) is 5.73. The number of benzene rings is 1. The van der Waals surface area contributed by atoms with Gasteiger partial charge in [0.05, 0.1) is 10.2 Å². The normalized spacial score (nSPS) is 15.2. The number of pyridine rings is 1. The fourth-order valence-corrected chi connectivity index (χ4v) is 4.49. The third kappa shape index (κ3) is 5.50. The van der Waals surface area contributed by atoms with Crippen molar-refractivity contribution in [2.45, 2.75) is 25.3 Å². The number of rotatable bonds is 5. The van der Waals surface area contributed by atoms with E-state index in [0.717, 1.165) is 47.4 Å². The maximum Gasteiger partial charge on any atom is 0.319 e. The fraction of sp³-hybridized carbons (Fsp3) is 0.273. The summed E-state index contributed by atoms with van der Waals surface area (Å²) in [6.45, 7) is 1.83. The Morgan fingerprint density at radius 2 is 2.03 bits per heavy atom. The minimum atomic E-state index is -0.540. The van der Waals surface area contributed by atoms with E-state index in [-0.39, 0.29) is 42.6 Å². The van der Waals surface area contributed by atoms with Gasteiger partial charge in [0.2, 0.25) is 0 Å². The molecular formula is C22H23Cl2FN4O2S. The monoisotopic (exact) mass is 496 g/mol. The molecule has 6 nitrogen and oxygen atoms in total. The van der Waals surface area contributed by atoms with Gasteiger partial charge in [-0.2, -0.15) is 0 Å². The van der Waals surface area contributed by atoms with Crippen molar-refractivity contribution >= 4 is 63.7 Å². The van der Waals surface area contributed by atoms with Gasteiger partial charge >= 0.3 is 6.03 Å². The van der Waals surface area contributed by atoms with E-state index in [2.05, 4.69) is 33.1 Å². The minimum absolute atomic E-state index is 0. The van der Waals surface area contributed by atoms with Crippen LogP contribution in [0.2, 0.25) is 0 Å². The number of hydrogen-bond donors (Lipinski definition) is 3. The molecule has 0 spiro atoms. The average molecular weight is 497 g/mol. The highest BCUT2D eigenvalue weighted by Crippen LogP contribution is 2.39. The molecule has 0 bridgehead atoms. The number of nitrogens with zero attached hydrogens (tertiary/aromatic N) is 1. The molecule has 1 saturated carbocycles. The van der Waals surface area contributed by atoms with Gasteiger partial charge in [0.25, 0.3) is 0 Å². The summed E-state index contributed by atoms with van der Waals surface area (Å²) < 4.78 is 21.4. The maximum atomic E-state index is 14.6. The van der Waals surface area contributed by atoms with Gasteiger partial charge in [0.15, 0.2) is 11.6 Å². The Labute approximate surface area is 201 Å². The molecule has 0 unspecified atom stereocenters. The van der Waals surface area contributed by atoms with E-state index in [1.54, 1.807) is 29.7 Å². The molecule has 0 atom stereocenters. The van der Waals surface area contributed by atoms with Crippen LogP contribution < -0.4 is 20.7 Å². The number of hydrogen-bond acceptors (Lipinski definition) is 5. The molecule has 2 amide bonds. The van der Waals surface area contributed by atoms with Crippen LogP contribution in [-0.2, 0) is 0 Å². The molecular weight excluding hydrogens is 474 g/mol. The van der Waals surface area contributed by atoms with E-state index >= 15 is 0 Å². The van der Waals surface area contributed by atoms with Crippen LogP contribution in [0.3, 0.4) is 0 Å². The summed E-state index contributed by atoms with van der Waals surface area (Å²) in [4.78, 5) is 17.4. The topological polar surface area (TPSA) is 75.3 Å². The van der Waals surface area contributed by atoms with Gasteiger partial charge in [0, 0.05) is 41.5 Å². The van der Waals surface area contributed by atoms with Crippen LogP contribution in [0.5, 0.6) is 11.5 Å². The molecule has 2 aliphatic rings. The van der Waals surface area contributed by atoms with Crippen LogP contribution in [0.1, 0.15) is 24.1 Å². The maximum absolute atomic E-state index is 14.6. The minimum Gasteiger partial charge on any atom is -0.453 e. The second-order valence-electron chi connectivity index (χ2n) is 7.44. The zero-order chi connectivity index (χ0) is 20.5. The summed E-state index contributed by atoms with van der Waals surface area (Å²) in [6.07, 6.45) is 6.82. The quantitative estimate of drug-likeness (QED) is 0.421. The standard InChI is InChI=1S/C22H21FN4O2S.2ClH/c23-16-11-15(27-22(28)26-14-1-2-14)3-4-18(16)29-19-7-10-25-17-12-20(30-21(17)19)13-5-8-24-9-6-13;;/h3-5,7,10-12,14,24H,1-2,6,8-9H2,(H2,26,27,28);2*1H. The Balaban J connectivity index is 0.00000144. The van der Waals surface area contributed by atoms with Crippen LogP contribution >= 0.6 is 36.2 Å². The van der Waals surface area contributed by atoms with Gasteiger partial charge in [-0.25, -0.2) is 9.18 Å². The number of carbonyl (C=O) groups excluding carboxylic acids is 1. The van der Waals surface area contributed by atoms with E-state index in [1.165, 1.54) is 17.7 Å². The molecule has 5 rings (SSSR count). The van der Waals surface area contributed by atoms with Crippen LogP contribution in [0.15, 0.2) is 42.6 Å². The Bertz CT molecular complexity index is 1150. The fourth-order valence-electron chi connectivity index (χ4n) is 3.36. The number of ether oxygens (including phenoxy) is 1. The zero-order valence-corrected chi connectivity index (χ0v) is 19.5. The molecule has 3 heterocycles. The van der Waals surface area contributed by atoms with Gasteiger partial charge < -0.3 is 20.7 Å². The molecule has 170 valence electrons. The second-order valence-corrected chi connectivity index (χ2v) is 8.49. The van der Waals surface area contributed by atoms with Crippen molar-refractivity contribution < 1.29 is 13.9 Å². The number of urea groups is 1. The van der Waals surface area contributed by atoms with Crippen LogP contribution in [0.4, 0.5) is 14.9 Å². The molecule has 2 aromatic heterocycles. The molecule has 10 heteroatoms. The molecule has 0 radical (unpaired) electrons. The van der Waals surface area contributed by atoms with Crippen molar-refractivity contribution in [1.82, 2.24) is 15.6 Å². The van der Waals surface area contributed by atoms with Crippen molar-refractivity contribution in [2.24, 2.45) is 0 Å². The van der Waals surface area contributed by atoms with Crippen LogP contribution in [0, 0.1) is 5.82 Å². The van der Waals surface area contributed by atoms with Gasteiger partial charge in [-0.1, -0.05) is 6.08 Å². The Morgan fingerprint density at radius 3 is 2.75 bits per heavy atom. The third-order valence-corrected chi connectivity index (χ3v) is 6.29. The lowest BCUT2D eigenvalue weighted by Gasteiger charge is -2.12. The Hall–Kier alpha value is -2.39. The largest absolute Gasteiger partial charge is 0.453 e. The summed E-state index contributed by atoms with van der Waals surface area (Å²) in [5, 5.41) is 8.77. The number of amides is 2. The summed E-state index contributed by atoms with van der Waals surface area (Å²) >= 11 is 1.61. The first kappa shape index (κ1) is 24.3. The molecule has 1 aliphatic carbocycles. The number of aromatic nitrogens is 1. The Morgan fingerprint density at radius 1 is 1.19 bits per heavy atom. The third-order valence-electron chi connectivity index (χ3n) is 5.08. The van der Waals surface area contributed by atoms with Gasteiger partial charge in [-0.15, -0.1) is 36.2 Å². The molecule has 3 N–H and O–H groups in total. The lowest BCUT2D eigenvalue weighted by Crippen LogP contribution is -2.30. The van der Waals surface area contributed by atoms with Crippen molar-refractivity contribution in [2.75, 3.05) is 18.4 Å². The van der Waals surface area contributed by atoms with E-state index in [1.807, 2.05) is 0 Å². The predicted molar refractivity (Wildman–Crippen MR) is 131 cm³/mol. The first-order valence-electron chi connectivity index (χ1n) is 9.99. The highest BCUT2D eigenvalue weighted by molar-refractivity contribution is 7.20. The summed E-state index contributed by atoms with van der Waals surface area (Å²) in [5.41, 5.74) is 2.52. The highest BCUT2D eigenvalue weighted by atomic mass is 35.5.